The number of morpholine rings is 1. The molecule has 4 heteroatoms. The van der Waals surface area contributed by atoms with Gasteiger partial charge in [-0.3, -0.25) is 4.90 Å². The van der Waals surface area contributed by atoms with Gasteiger partial charge in [-0.05, 0) is 17.7 Å². The standard InChI is InChI=1S/C20H21N3O/c1-3-7-18(8-4-1)20-16-22(11-12-24-20)14-17-13-21-23(15-17)19-9-5-2-6-10-19/h1-10,13,15,20H,11-12,14,16H2. The lowest BCUT2D eigenvalue weighted by Gasteiger charge is -2.32. The fourth-order valence-electron chi connectivity index (χ4n) is 3.14. The smallest absolute Gasteiger partial charge is 0.0952 e. The molecule has 2 heterocycles. The van der Waals surface area contributed by atoms with E-state index in [9.17, 15) is 0 Å². The van der Waals surface area contributed by atoms with Crippen molar-refractivity contribution >= 4 is 0 Å². The SMILES string of the molecule is c1ccc(C2CN(Cc3cnn(-c4ccccc4)c3)CCO2)cc1. The summed E-state index contributed by atoms with van der Waals surface area (Å²) in [6.45, 7) is 3.55. The minimum absolute atomic E-state index is 0.157. The second-order valence-corrected chi connectivity index (χ2v) is 6.13. The van der Waals surface area contributed by atoms with Gasteiger partial charge in [0.2, 0.25) is 0 Å². The van der Waals surface area contributed by atoms with E-state index in [0.29, 0.717) is 0 Å². The zero-order valence-corrected chi connectivity index (χ0v) is 13.6. The highest BCUT2D eigenvalue weighted by atomic mass is 16.5. The molecule has 0 aliphatic carbocycles. The van der Waals surface area contributed by atoms with Crippen LogP contribution >= 0.6 is 0 Å². The summed E-state index contributed by atoms with van der Waals surface area (Å²) in [6.07, 6.45) is 4.23. The molecule has 4 rings (SSSR count). The largest absolute Gasteiger partial charge is 0.371 e. The molecular weight excluding hydrogens is 298 g/mol. The Kier molecular flexibility index (Phi) is 4.40. The van der Waals surface area contributed by atoms with E-state index < -0.39 is 0 Å². The molecule has 1 aliphatic rings. The van der Waals surface area contributed by atoms with E-state index in [1.54, 1.807) is 0 Å². The van der Waals surface area contributed by atoms with Crippen LogP contribution in [-0.4, -0.2) is 34.4 Å². The third-order valence-electron chi connectivity index (χ3n) is 4.38. The summed E-state index contributed by atoms with van der Waals surface area (Å²) >= 11 is 0. The van der Waals surface area contributed by atoms with Crippen LogP contribution in [0.15, 0.2) is 73.1 Å². The van der Waals surface area contributed by atoms with Crippen molar-refractivity contribution in [3.63, 3.8) is 0 Å². The Hall–Kier alpha value is -2.43. The average molecular weight is 319 g/mol. The van der Waals surface area contributed by atoms with E-state index in [-0.39, 0.29) is 6.10 Å². The summed E-state index contributed by atoms with van der Waals surface area (Å²) in [4.78, 5) is 2.44. The van der Waals surface area contributed by atoms with Gasteiger partial charge in [0.25, 0.3) is 0 Å². The predicted octanol–water partition coefficient (Wildman–Crippen LogP) is 3.45. The van der Waals surface area contributed by atoms with Gasteiger partial charge in [-0.2, -0.15) is 5.10 Å². The number of para-hydroxylation sites is 1. The van der Waals surface area contributed by atoms with Crippen LogP contribution in [0.1, 0.15) is 17.2 Å². The summed E-state index contributed by atoms with van der Waals surface area (Å²) < 4.78 is 7.88. The van der Waals surface area contributed by atoms with Crippen molar-refractivity contribution in [1.82, 2.24) is 14.7 Å². The first kappa shape index (κ1) is 15.1. The van der Waals surface area contributed by atoms with Gasteiger partial charge in [-0.15, -0.1) is 0 Å². The number of rotatable bonds is 4. The Labute approximate surface area is 142 Å². The third kappa shape index (κ3) is 3.40. The number of aromatic nitrogens is 2. The maximum Gasteiger partial charge on any atom is 0.0952 e. The lowest BCUT2D eigenvalue weighted by atomic mass is 10.1. The summed E-state index contributed by atoms with van der Waals surface area (Å²) in [7, 11) is 0. The Balaban J connectivity index is 1.43. The fraction of sp³-hybridized carbons (Fsp3) is 0.250. The first-order valence-corrected chi connectivity index (χ1v) is 8.36. The summed E-state index contributed by atoms with van der Waals surface area (Å²) in [5, 5.41) is 4.49. The van der Waals surface area contributed by atoms with E-state index in [0.717, 1.165) is 31.9 Å². The normalized spacial score (nSPS) is 18.6. The van der Waals surface area contributed by atoms with Crippen molar-refractivity contribution in [2.45, 2.75) is 12.6 Å². The zero-order chi connectivity index (χ0) is 16.2. The lowest BCUT2D eigenvalue weighted by molar-refractivity contribution is -0.0329. The highest BCUT2D eigenvalue weighted by Gasteiger charge is 2.22. The molecule has 2 aromatic carbocycles. The van der Waals surface area contributed by atoms with Crippen LogP contribution in [0.4, 0.5) is 0 Å². The summed E-state index contributed by atoms with van der Waals surface area (Å²) in [6, 6.07) is 20.7. The highest BCUT2D eigenvalue weighted by molar-refractivity contribution is 5.30. The Morgan fingerprint density at radius 1 is 1.00 bits per heavy atom. The molecule has 1 atom stereocenters. The van der Waals surface area contributed by atoms with Crippen molar-refractivity contribution in [3.05, 3.63) is 84.2 Å². The Morgan fingerprint density at radius 2 is 1.75 bits per heavy atom. The van der Waals surface area contributed by atoms with E-state index >= 15 is 0 Å². The summed E-state index contributed by atoms with van der Waals surface area (Å²) in [5.74, 6) is 0. The molecule has 0 amide bonds. The fourth-order valence-corrected chi connectivity index (χ4v) is 3.14. The van der Waals surface area contributed by atoms with Gasteiger partial charge < -0.3 is 4.74 Å². The molecule has 122 valence electrons. The van der Waals surface area contributed by atoms with Gasteiger partial charge >= 0.3 is 0 Å². The van der Waals surface area contributed by atoms with E-state index in [1.165, 1.54) is 11.1 Å². The molecule has 1 saturated heterocycles. The molecule has 1 fully saturated rings. The Morgan fingerprint density at radius 3 is 2.54 bits per heavy atom. The molecule has 1 aromatic heterocycles. The molecule has 3 aromatic rings. The number of benzene rings is 2. The molecule has 0 saturated carbocycles. The molecule has 1 aliphatic heterocycles. The predicted molar refractivity (Wildman–Crippen MR) is 94.0 cm³/mol. The molecule has 0 bridgehead atoms. The van der Waals surface area contributed by atoms with Crippen molar-refractivity contribution in [2.24, 2.45) is 0 Å². The first-order chi connectivity index (χ1) is 11.9. The quantitative estimate of drug-likeness (QED) is 0.738. The van der Waals surface area contributed by atoms with Gasteiger partial charge in [0.1, 0.15) is 0 Å². The molecular formula is C20H21N3O. The van der Waals surface area contributed by atoms with Crippen LogP contribution in [0.2, 0.25) is 0 Å². The van der Waals surface area contributed by atoms with E-state index in [2.05, 4.69) is 52.6 Å². The van der Waals surface area contributed by atoms with Crippen LogP contribution < -0.4 is 0 Å². The minimum Gasteiger partial charge on any atom is -0.371 e. The lowest BCUT2D eigenvalue weighted by Crippen LogP contribution is -2.37. The van der Waals surface area contributed by atoms with Gasteiger partial charge in [0, 0.05) is 31.4 Å². The highest BCUT2D eigenvalue weighted by Crippen LogP contribution is 2.23. The molecule has 0 spiro atoms. The second-order valence-electron chi connectivity index (χ2n) is 6.13. The van der Waals surface area contributed by atoms with Crippen LogP contribution in [0.25, 0.3) is 5.69 Å². The van der Waals surface area contributed by atoms with Gasteiger partial charge in [0.15, 0.2) is 0 Å². The number of hydrogen-bond acceptors (Lipinski definition) is 3. The molecule has 0 radical (unpaired) electrons. The van der Waals surface area contributed by atoms with Crippen molar-refractivity contribution in [1.29, 1.82) is 0 Å². The molecule has 0 N–H and O–H groups in total. The summed E-state index contributed by atoms with van der Waals surface area (Å²) in [5.41, 5.74) is 3.57. The molecule has 24 heavy (non-hydrogen) atoms. The maximum atomic E-state index is 5.94. The van der Waals surface area contributed by atoms with Crippen LogP contribution in [-0.2, 0) is 11.3 Å². The third-order valence-corrected chi connectivity index (χ3v) is 4.38. The van der Waals surface area contributed by atoms with E-state index in [4.69, 9.17) is 4.74 Å². The zero-order valence-electron chi connectivity index (χ0n) is 13.6. The number of nitrogens with zero attached hydrogens (tertiary/aromatic N) is 3. The average Bonchev–Trinajstić information content (AvgIpc) is 3.12. The van der Waals surface area contributed by atoms with Crippen molar-refractivity contribution in [3.8, 4) is 5.69 Å². The van der Waals surface area contributed by atoms with Crippen LogP contribution in [0, 0.1) is 0 Å². The Bertz CT molecular complexity index is 770. The second kappa shape index (κ2) is 6.99. The first-order valence-electron chi connectivity index (χ1n) is 8.36. The van der Waals surface area contributed by atoms with Gasteiger partial charge in [-0.25, -0.2) is 4.68 Å². The van der Waals surface area contributed by atoms with E-state index in [1.807, 2.05) is 35.1 Å². The van der Waals surface area contributed by atoms with Crippen LogP contribution in [0.3, 0.4) is 0 Å². The van der Waals surface area contributed by atoms with Crippen molar-refractivity contribution < 1.29 is 4.74 Å². The van der Waals surface area contributed by atoms with Crippen LogP contribution in [0.5, 0.6) is 0 Å². The minimum atomic E-state index is 0.157. The van der Waals surface area contributed by atoms with Gasteiger partial charge in [-0.1, -0.05) is 48.5 Å². The topological polar surface area (TPSA) is 30.3 Å². The number of ether oxygens (including phenoxy) is 1. The monoisotopic (exact) mass is 319 g/mol. The van der Waals surface area contributed by atoms with Crippen molar-refractivity contribution in [2.75, 3.05) is 19.7 Å². The number of hydrogen-bond donors (Lipinski definition) is 0. The molecule has 4 nitrogen and oxygen atoms in total. The molecule has 1 unspecified atom stereocenters. The maximum absolute atomic E-state index is 5.94. The van der Waals surface area contributed by atoms with Gasteiger partial charge in [0.05, 0.1) is 24.6 Å².